The largest absolute Gasteiger partial charge is 0.464 e. The third kappa shape index (κ3) is 4.84. The summed E-state index contributed by atoms with van der Waals surface area (Å²) in [7, 11) is 0. The number of hydrogen-bond acceptors (Lipinski definition) is 6. The van der Waals surface area contributed by atoms with E-state index in [1.807, 2.05) is 24.3 Å². The van der Waals surface area contributed by atoms with Crippen molar-refractivity contribution in [1.29, 1.82) is 0 Å². The van der Waals surface area contributed by atoms with Crippen LogP contribution in [0.25, 0.3) is 0 Å². The number of anilines is 2. The SMILES string of the molecule is CCOC(=O)C(O)C(O)C(=O)Nc1ccc(CC(=O)N2CCc3ccccc32)cc1. The van der Waals surface area contributed by atoms with Gasteiger partial charge in [0.05, 0.1) is 13.0 Å². The van der Waals surface area contributed by atoms with Crippen LogP contribution in [0.1, 0.15) is 18.1 Å². The van der Waals surface area contributed by atoms with E-state index in [9.17, 15) is 24.6 Å². The van der Waals surface area contributed by atoms with Gasteiger partial charge in [0.15, 0.2) is 12.2 Å². The Labute approximate surface area is 174 Å². The molecule has 0 radical (unpaired) electrons. The minimum atomic E-state index is -1.97. The molecule has 1 aliphatic rings. The summed E-state index contributed by atoms with van der Waals surface area (Å²) in [6.07, 6.45) is -2.87. The van der Waals surface area contributed by atoms with Gasteiger partial charge >= 0.3 is 5.97 Å². The first-order valence-electron chi connectivity index (χ1n) is 9.71. The molecule has 0 aliphatic carbocycles. The van der Waals surface area contributed by atoms with Gasteiger partial charge in [-0.2, -0.15) is 0 Å². The van der Waals surface area contributed by atoms with E-state index < -0.39 is 24.1 Å². The summed E-state index contributed by atoms with van der Waals surface area (Å²) in [6, 6.07) is 14.4. The molecule has 2 aromatic carbocycles. The van der Waals surface area contributed by atoms with E-state index in [1.54, 1.807) is 36.1 Å². The molecule has 158 valence electrons. The first-order valence-corrected chi connectivity index (χ1v) is 9.71. The number of aliphatic hydroxyl groups is 2. The third-order valence-electron chi connectivity index (χ3n) is 4.86. The number of esters is 1. The van der Waals surface area contributed by atoms with Crippen LogP contribution in [0.3, 0.4) is 0 Å². The quantitative estimate of drug-likeness (QED) is 0.585. The van der Waals surface area contributed by atoms with E-state index >= 15 is 0 Å². The van der Waals surface area contributed by atoms with E-state index in [-0.39, 0.29) is 18.9 Å². The second kappa shape index (κ2) is 9.51. The molecule has 1 heterocycles. The first-order chi connectivity index (χ1) is 14.4. The van der Waals surface area contributed by atoms with Gasteiger partial charge in [-0.05, 0) is 42.7 Å². The number of amides is 2. The topological polar surface area (TPSA) is 116 Å². The van der Waals surface area contributed by atoms with E-state index in [2.05, 4.69) is 10.1 Å². The number of carbonyl (C=O) groups excluding carboxylic acids is 3. The molecule has 0 saturated heterocycles. The number of carbonyl (C=O) groups is 3. The van der Waals surface area contributed by atoms with Gasteiger partial charge in [-0.15, -0.1) is 0 Å². The summed E-state index contributed by atoms with van der Waals surface area (Å²) in [4.78, 5) is 37.9. The molecule has 2 amide bonds. The number of nitrogens with zero attached hydrogens (tertiary/aromatic N) is 1. The van der Waals surface area contributed by atoms with E-state index in [0.717, 1.165) is 23.2 Å². The maximum absolute atomic E-state index is 12.7. The molecule has 0 saturated carbocycles. The van der Waals surface area contributed by atoms with Crippen LogP contribution in [0.15, 0.2) is 48.5 Å². The fourth-order valence-corrected chi connectivity index (χ4v) is 3.29. The van der Waals surface area contributed by atoms with Gasteiger partial charge in [0, 0.05) is 17.9 Å². The van der Waals surface area contributed by atoms with Crippen LogP contribution < -0.4 is 10.2 Å². The van der Waals surface area contributed by atoms with Crippen molar-refractivity contribution in [2.24, 2.45) is 0 Å². The number of aliphatic hydroxyl groups excluding tert-OH is 2. The molecule has 30 heavy (non-hydrogen) atoms. The maximum atomic E-state index is 12.7. The third-order valence-corrected chi connectivity index (χ3v) is 4.86. The van der Waals surface area contributed by atoms with Crippen molar-refractivity contribution in [2.45, 2.75) is 32.0 Å². The van der Waals surface area contributed by atoms with Crippen LogP contribution in [0.4, 0.5) is 11.4 Å². The molecular weight excluding hydrogens is 388 g/mol. The Kier molecular flexibility index (Phi) is 6.81. The summed E-state index contributed by atoms with van der Waals surface area (Å²) < 4.78 is 4.58. The summed E-state index contributed by atoms with van der Waals surface area (Å²) >= 11 is 0. The van der Waals surface area contributed by atoms with Crippen LogP contribution in [-0.4, -0.2) is 53.4 Å². The smallest absolute Gasteiger partial charge is 0.338 e. The average Bonchev–Trinajstić information content (AvgIpc) is 3.18. The summed E-state index contributed by atoms with van der Waals surface area (Å²) in [5.74, 6) is -2.02. The Morgan fingerprint density at radius 3 is 2.47 bits per heavy atom. The lowest BCUT2D eigenvalue weighted by atomic mass is 10.1. The normalized spacial score (nSPS) is 14.6. The van der Waals surface area contributed by atoms with Crippen molar-refractivity contribution in [2.75, 3.05) is 23.4 Å². The van der Waals surface area contributed by atoms with Gasteiger partial charge < -0.3 is 25.2 Å². The van der Waals surface area contributed by atoms with E-state index in [0.29, 0.717) is 12.2 Å². The van der Waals surface area contributed by atoms with Gasteiger partial charge in [-0.3, -0.25) is 9.59 Å². The van der Waals surface area contributed by atoms with E-state index in [4.69, 9.17) is 0 Å². The van der Waals surface area contributed by atoms with Crippen LogP contribution >= 0.6 is 0 Å². The predicted octanol–water partition coefficient (Wildman–Crippen LogP) is 1.04. The highest BCUT2D eigenvalue weighted by atomic mass is 16.5. The zero-order valence-corrected chi connectivity index (χ0v) is 16.6. The molecule has 0 bridgehead atoms. The molecule has 1 aliphatic heterocycles. The number of ether oxygens (including phenoxy) is 1. The molecule has 2 unspecified atom stereocenters. The fraction of sp³-hybridized carbons (Fsp3) is 0.318. The lowest BCUT2D eigenvalue weighted by Gasteiger charge is -2.18. The highest BCUT2D eigenvalue weighted by Gasteiger charge is 2.31. The molecule has 0 spiro atoms. The second-order valence-electron chi connectivity index (χ2n) is 6.93. The molecular formula is C22H24N2O6. The number of nitrogens with one attached hydrogen (secondary N) is 1. The summed E-state index contributed by atoms with van der Waals surface area (Å²) in [5, 5.41) is 21.9. The number of hydrogen-bond donors (Lipinski definition) is 3. The number of rotatable bonds is 7. The minimum Gasteiger partial charge on any atom is -0.464 e. The Hall–Kier alpha value is -3.23. The number of fused-ring (bicyclic) bond motifs is 1. The lowest BCUT2D eigenvalue weighted by molar-refractivity contribution is -0.162. The molecule has 0 aromatic heterocycles. The molecule has 3 N–H and O–H groups in total. The monoisotopic (exact) mass is 412 g/mol. The highest BCUT2D eigenvalue weighted by Crippen LogP contribution is 2.28. The molecule has 8 nitrogen and oxygen atoms in total. The lowest BCUT2D eigenvalue weighted by Crippen LogP contribution is -2.43. The zero-order valence-electron chi connectivity index (χ0n) is 16.6. The van der Waals surface area contributed by atoms with E-state index in [1.165, 1.54) is 0 Å². The van der Waals surface area contributed by atoms with Crippen molar-refractivity contribution in [3.05, 3.63) is 59.7 Å². The molecule has 0 fully saturated rings. The van der Waals surface area contributed by atoms with Crippen LogP contribution in [-0.2, 0) is 32.0 Å². The number of benzene rings is 2. The average molecular weight is 412 g/mol. The standard InChI is InChI=1S/C22H24N2O6/c1-2-30-22(29)20(27)19(26)21(28)23-16-9-7-14(8-10-16)13-18(25)24-12-11-15-5-3-4-6-17(15)24/h3-10,19-20,26-27H,2,11-13H2,1H3,(H,23,28). The van der Waals surface area contributed by atoms with Crippen molar-refractivity contribution in [1.82, 2.24) is 0 Å². The fourth-order valence-electron chi connectivity index (χ4n) is 3.29. The van der Waals surface area contributed by atoms with Crippen LogP contribution in [0.5, 0.6) is 0 Å². The number of para-hydroxylation sites is 1. The molecule has 2 atom stereocenters. The predicted molar refractivity (Wildman–Crippen MR) is 110 cm³/mol. The Bertz CT molecular complexity index is 927. The van der Waals surface area contributed by atoms with Gasteiger partial charge in [0.2, 0.25) is 5.91 Å². The van der Waals surface area contributed by atoms with Gasteiger partial charge in [0.25, 0.3) is 5.91 Å². The Morgan fingerprint density at radius 1 is 1.07 bits per heavy atom. The summed E-state index contributed by atoms with van der Waals surface area (Å²) in [6.45, 7) is 2.23. The van der Waals surface area contributed by atoms with Crippen molar-refractivity contribution in [3.8, 4) is 0 Å². The van der Waals surface area contributed by atoms with Crippen molar-refractivity contribution in [3.63, 3.8) is 0 Å². The van der Waals surface area contributed by atoms with Gasteiger partial charge in [0.1, 0.15) is 0 Å². The maximum Gasteiger partial charge on any atom is 0.338 e. The second-order valence-corrected chi connectivity index (χ2v) is 6.93. The van der Waals surface area contributed by atoms with Gasteiger partial charge in [-0.25, -0.2) is 4.79 Å². The van der Waals surface area contributed by atoms with Crippen LogP contribution in [0, 0.1) is 0 Å². The summed E-state index contributed by atoms with van der Waals surface area (Å²) in [5.41, 5.74) is 3.24. The van der Waals surface area contributed by atoms with Crippen LogP contribution in [0.2, 0.25) is 0 Å². The molecule has 8 heteroatoms. The first kappa shape index (κ1) is 21.5. The van der Waals surface area contributed by atoms with Crippen molar-refractivity contribution >= 4 is 29.2 Å². The Balaban J connectivity index is 1.57. The minimum absolute atomic E-state index is 0.00952. The van der Waals surface area contributed by atoms with Gasteiger partial charge in [-0.1, -0.05) is 30.3 Å². The molecule has 2 aromatic rings. The highest BCUT2D eigenvalue weighted by molar-refractivity contribution is 5.98. The zero-order chi connectivity index (χ0) is 21.7. The van der Waals surface area contributed by atoms with Crippen molar-refractivity contribution < 1.29 is 29.3 Å². The molecule has 3 rings (SSSR count). The Morgan fingerprint density at radius 2 is 1.77 bits per heavy atom.